The second-order valence-electron chi connectivity index (χ2n) is 5.89. The highest BCUT2D eigenvalue weighted by Crippen LogP contribution is 2.34. The number of ketones is 1. The van der Waals surface area contributed by atoms with Gasteiger partial charge in [0.25, 0.3) is 5.56 Å². The highest BCUT2D eigenvalue weighted by molar-refractivity contribution is 5.95. The van der Waals surface area contributed by atoms with Gasteiger partial charge in [0.15, 0.2) is 5.78 Å². The van der Waals surface area contributed by atoms with E-state index >= 15 is 0 Å². The molecule has 1 aliphatic rings. The second-order valence-corrected chi connectivity index (χ2v) is 5.89. The maximum absolute atomic E-state index is 12.2. The fourth-order valence-corrected chi connectivity index (χ4v) is 3.53. The summed E-state index contributed by atoms with van der Waals surface area (Å²) in [6.45, 7) is 3.51. The standard InChI is InChI=1S/C18H20N2O2/c1-3-16-15-10-13(12-6-8-19-9-7-12)4-5-14(15)17(11(2)21)18(22)20-16/h6-9,13H,3-5,10H2,1-2H3,(H,20,22). The molecule has 4 nitrogen and oxygen atoms in total. The molecule has 0 radical (unpaired) electrons. The van der Waals surface area contributed by atoms with E-state index in [-0.39, 0.29) is 11.3 Å². The molecule has 0 aromatic carbocycles. The van der Waals surface area contributed by atoms with Crippen molar-refractivity contribution in [2.45, 2.75) is 45.4 Å². The average molecular weight is 296 g/mol. The Morgan fingerprint density at radius 2 is 2.05 bits per heavy atom. The SMILES string of the molecule is CCc1[nH]c(=O)c(C(C)=O)c2c1CC(c1ccncc1)CC2. The van der Waals surface area contributed by atoms with Gasteiger partial charge in [0.05, 0.1) is 5.56 Å². The second kappa shape index (κ2) is 5.87. The zero-order valence-electron chi connectivity index (χ0n) is 13.0. The number of hydrogen-bond acceptors (Lipinski definition) is 3. The van der Waals surface area contributed by atoms with Gasteiger partial charge in [0, 0.05) is 18.1 Å². The lowest BCUT2D eigenvalue weighted by Crippen LogP contribution is -2.27. The van der Waals surface area contributed by atoms with Gasteiger partial charge >= 0.3 is 0 Å². The topological polar surface area (TPSA) is 62.8 Å². The van der Waals surface area contributed by atoms with Crippen LogP contribution in [0.4, 0.5) is 0 Å². The van der Waals surface area contributed by atoms with E-state index in [1.807, 2.05) is 19.3 Å². The molecule has 1 aliphatic carbocycles. The third kappa shape index (κ3) is 2.49. The van der Waals surface area contributed by atoms with Crippen LogP contribution >= 0.6 is 0 Å². The molecule has 114 valence electrons. The lowest BCUT2D eigenvalue weighted by Gasteiger charge is -2.27. The van der Waals surface area contributed by atoms with Gasteiger partial charge in [0.2, 0.25) is 0 Å². The first-order chi connectivity index (χ1) is 10.6. The minimum atomic E-state index is -0.231. The van der Waals surface area contributed by atoms with Crippen molar-refractivity contribution < 1.29 is 4.79 Å². The summed E-state index contributed by atoms with van der Waals surface area (Å²) in [5.74, 6) is 0.286. The molecule has 1 atom stereocenters. The molecule has 3 rings (SSSR count). The molecule has 2 aromatic heterocycles. The summed E-state index contributed by atoms with van der Waals surface area (Å²) in [5, 5.41) is 0. The molecule has 2 heterocycles. The van der Waals surface area contributed by atoms with Gasteiger partial charge in [-0.25, -0.2) is 0 Å². The number of Topliss-reactive ketones (excluding diaryl/α,β-unsaturated/α-hetero) is 1. The van der Waals surface area contributed by atoms with Crippen LogP contribution in [0.5, 0.6) is 0 Å². The molecule has 0 fully saturated rings. The molecule has 2 aromatic rings. The third-order valence-corrected chi connectivity index (χ3v) is 4.60. The molecular formula is C18H20N2O2. The van der Waals surface area contributed by atoms with Crippen molar-refractivity contribution in [2.24, 2.45) is 0 Å². The van der Waals surface area contributed by atoms with E-state index < -0.39 is 0 Å². The van der Waals surface area contributed by atoms with Crippen molar-refractivity contribution in [1.82, 2.24) is 9.97 Å². The smallest absolute Gasteiger partial charge is 0.259 e. The number of aromatic nitrogens is 2. The molecule has 0 spiro atoms. The van der Waals surface area contributed by atoms with E-state index in [4.69, 9.17) is 0 Å². The molecular weight excluding hydrogens is 276 g/mol. The third-order valence-electron chi connectivity index (χ3n) is 4.60. The minimum Gasteiger partial charge on any atom is -0.325 e. The lowest BCUT2D eigenvalue weighted by atomic mass is 9.78. The summed E-state index contributed by atoms with van der Waals surface area (Å²) < 4.78 is 0. The Morgan fingerprint density at radius 3 is 2.68 bits per heavy atom. The number of rotatable bonds is 3. The van der Waals surface area contributed by atoms with E-state index in [1.165, 1.54) is 18.1 Å². The number of pyridine rings is 2. The predicted octanol–water partition coefficient (Wildman–Crippen LogP) is 2.81. The number of nitrogens with zero attached hydrogens (tertiary/aromatic N) is 1. The van der Waals surface area contributed by atoms with Gasteiger partial charge in [0.1, 0.15) is 0 Å². The Hall–Kier alpha value is -2.23. The van der Waals surface area contributed by atoms with Crippen LogP contribution in [0.15, 0.2) is 29.3 Å². The van der Waals surface area contributed by atoms with Crippen LogP contribution in [-0.2, 0) is 19.3 Å². The van der Waals surface area contributed by atoms with Crippen molar-refractivity contribution in [3.8, 4) is 0 Å². The zero-order chi connectivity index (χ0) is 15.7. The molecule has 0 aliphatic heterocycles. The molecule has 0 amide bonds. The van der Waals surface area contributed by atoms with Crippen molar-refractivity contribution in [2.75, 3.05) is 0 Å². The quantitative estimate of drug-likeness (QED) is 0.886. The van der Waals surface area contributed by atoms with Gasteiger partial charge in [-0.05, 0) is 67.3 Å². The Bertz CT molecular complexity index is 763. The van der Waals surface area contributed by atoms with Gasteiger partial charge in [-0.3, -0.25) is 14.6 Å². The van der Waals surface area contributed by atoms with Crippen LogP contribution in [0, 0.1) is 0 Å². The lowest BCUT2D eigenvalue weighted by molar-refractivity contribution is 0.101. The summed E-state index contributed by atoms with van der Waals surface area (Å²) in [6.07, 6.45) is 7.04. The van der Waals surface area contributed by atoms with Crippen LogP contribution in [0.2, 0.25) is 0 Å². The first-order valence-corrected chi connectivity index (χ1v) is 7.79. The highest BCUT2D eigenvalue weighted by Gasteiger charge is 2.27. The van der Waals surface area contributed by atoms with E-state index in [0.717, 1.165) is 36.9 Å². The number of fused-ring (bicyclic) bond motifs is 1. The molecule has 1 N–H and O–H groups in total. The van der Waals surface area contributed by atoms with Gasteiger partial charge < -0.3 is 4.98 Å². The summed E-state index contributed by atoms with van der Waals surface area (Å²) >= 11 is 0. The number of aromatic amines is 1. The normalized spacial score (nSPS) is 17.1. The van der Waals surface area contributed by atoms with Crippen molar-refractivity contribution in [3.05, 3.63) is 62.8 Å². The van der Waals surface area contributed by atoms with Crippen LogP contribution in [0.25, 0.3) is 0 Å². The summed E-state index contributed by atoms with van der Waals surface area (Å²) in [7, 11) is 0. The van der Waals surface area contributed by atoms with Crippen LogP contribution < -0.4 is 5.56 Å². The average Bonchev–Trinajstić information content (AvgIpc) is 2.54. The number of hydrogen-bond donors (Lipinski definition) is 1. The molecule has 1 unspecified atom stereocenters. The fourth-order valence-electron chi connectivity index (χ4n) is 3.53. The van der Waals surface area contributed by atoms with Crippen LogP contribution in [-0.4, -0.2) is 15.8 Å². The largest absolute Gasteiger partial charge is 0.325 e. The predicted molar refractivity (Wildman–Crippen MR) is 85.4 cm³/mol. The maximum atomic E-state index is 12.2. The Morgan fingerprint density at radius 1 is 1.32 bits per heavy atom. The number of H-pyrrole nitrogens is 1. The van der Waals surface area contributed by atoms with Crippen LogP contribution in [0.1, 0.15) is 58.9 Å². The zero-order valence-corrected chi connectivity index (χ0v) is 13.0. The first kappa shape index (κ1) is 14.7. The van der Waals surface area contributed by atoms with Crippen molar-refractivity contribution >= 4 is 5.78 Å². The number of nitrogens with one attached hydrogen (secondary N) is 1. The van der Waals surface area contributed by atoms with Gasteiger partial charge in [-0.2, -0.15) is 0 Å². The van der Waals surface area contributed by atoms with Gasteiger partial charge in [-0.1, -0.05) is 6.92 Å². The monoisotopic (exact) mass is 296 g/mol. The number of carbonyl (C=O) groups is 1. The Balaban J connectivity index is 2.09. The highest BCUT2D eigenvalue weighted by atomic mass is 16.1. The van der Waals surface area contributed by atoms with E-state index in [0.29, 0.717) is 11.5 Å². The molecule has 0 saturated carbocycles. The number of aryl methyl sites for hydroxylation is 1. The maximum Gasteiger partial charge on any atom is 0.259 e. The van der Waals surface area contributed by atoms with E-state index in [9.17, 15) is 9.59 Å². The van der Waals surface area contributed by atoms with Crippen LogP contribution in [0.3, 0.4) is 0 Å². The summed E-state index contributed by atoms with van der Waals surface area (Å²) in [6, 6.07) is 4.11. The molecule has 0 bridgehead atoms. The van der Waals surface area contributed by atoms with Crippen molar-refractivity contribution in [3.63, 3.8) is 0 Å². The summed E-state index contributed by atoms with van der Waals surface area (Å²) in [5.41, 5.74) is 4.52. The molecule has 4 heteroatoms. The summed E-state index contributed by atoms with van der Waals surface area (Å²) in [4.78, 5) is 31.0. The van der Waals surface area contributed by atoms with Crippen molar-refractivity contribution in [1.29, 1.82) is 0 Å². The van der Waals surface area contributed by atoms with E-state index in [1.54, 1.807) is 0 Å². The molecule has 0 saturated heterocycles. The Labute approximate surface area is 129 Å². The fraction of sp³-hybridized carbons (Fsp3) is 0.389. The Kier molecular flexibility index (Phi) is 3.92. The minimum absolute atomic E-state index is 0.137. The van der Waals surface area contributed by atoms with E-state index in [2.05, 4.69) is 22.1 Å². The molecule has 22 heavy (non-hydrogen) atoms. The van der Waals surface area contributed by atoms with Gasteiger partial charge in [-0.15, -0.1) is 0 Å². The number of carbonyl (C=O) groups excluding carboxylic acids is 1. The first-order valence-electron chi connectivity index (χ1n) is 7.79.